The van der Waals surface area contributed by atoms with Crippen molar-refractivity contribution in [2.45, 2.75) is 39.3 Å². The van der Waals surface area contributed by atoms with E-state index in [1.807, 2.05) is 26.8 Å². The second-order valence-corrected chi connectivity index (χ2v) is 8.46. The Morgan fingerprint density at radius 1 is 1.29 bits per heavy atom. The molecule has 0 saturated heterocycles. The predicted molar refractivity (Wildman–Crippen MR) is 103 cm³/mol. The molecule has 0 spiro atoms. The van der Waals surface area contributed by atoms with Crippen molar-refractivity contribution in [1.29, 1.82) is 0 Å². The summed E-state index contributed by atoms with van der Waals surface area (Å²) in [5.74, 6) is -1.45. The zero-order valence-electron chi connectivity index (χ0n) is 16.5. The largest absolute Gasteiger partial charge is 0.544 e. The molecule has 150 valence electrons. The lowest BCUT2D eigenvalue weighted by Crippen LogP contribution is -2.54. The second kappa shape index (κ2) is 7.35. The van der Waals surface area contributed by atoms with Crippen molar-refractivity contribution >= 4 is 29.1 Å². The molecule has 0 aliphatic carbocycles. The first-order valence-electron chi connectivity index (χ1n) is 9.14. The number of fused-ring (bicyclic) bond motifs is 3. The van der Waals surface area contributed by atoms with Crippen molar-refractivity contribution in [2.24, 2.45) is 0 Å². The van der Waals surface area contributed by atoms with Crippen LogP contribution in [0.4, 0.5) is 0 Å². The molecule has 1 atom stereocenters. The van der Waals surface area contributed by atoms with Gasteiger partial charge in [0.15, 0.2) is 5.78 Å². The summed E-state index contributed by atoms with van der Waals surface area (Å²) >= 11 is 6.43. The molecule has 0 aromatic heterocycles. The van der Waals surface area contributed by atoms with Gasteiger partial charge in [0.25, 0.3) is 0 Å². The van der Waals surface area contributed by atoms with Crippen LogP contribution in [0.2, 0.25) is 5.02 Å². The predicted octanol–water partition coefficient (Wildman–Crippen LogP) is 2.44. The molecular formula is C21H24ClNO5. The summed E-state index contributed by atoms with van der Waals surface area (Å²) in [6.07, 6.45) is 3.65. The van der Waals surface area contributed by atoms with E-state index in [0.29, 0.717) is 30.5 Å². The number of carboxylic acids is 1. The molecule has 1 aromatic rings. The fourth-order valence-electron chi connectivity index (χ4n) is 3.77. The van der Waals surface area contributed by atoms with E-state index in [4.69, 9.17) is 21.1 Å². The third-order valence-electron chi connectivity index (χ3n) is 5.33. The molecule has 1 unspecified atom stereocenters. The van der Waals surface area contributed by atoms with Crippen LogP contribution >= 0.6 is 11.6 Å². The molecule has 3 rings (SSSR count). The first-order valence-corrected chi connectivity index (χ1v) is 9.51. The maximum Gasteiger partial charge on any atom is 0.198 e. The van der Waals surface area contributed by atoms with Gasteiger partial charge in [0.2, 0.25) is 0 Å². The fourth-order valence-corrected chi connectivity index (χ4v) is 3.99. The standard InChI is InChI=1S/C21H24ClNO5/c1-21(2,3)23-11-13-8-19(28-7-5-6-27-4)16(22)9-14(13)17(23)10-18(24)15(12-23)20(25)26/h8-10,12H,5-7,11H2,1-4H3. The van der Waals surface area contributed by atoms with E-state index in [1.165, 1.54) is 12.3 Å². The average Bonchev–Trinajstić information content (AvgIpc) is 2.91. The van der Waals surface area contributed by atoms with Crippen LogP contribution in [0.3, 0.4) is 0 Å². The summed E-state index contributed by atoms with van der Waals surface area (Å²) in [7, 11) is 1.64. The smallest absolute Gasteiger partial charge is 0.198 e. The molecule has 0 radical (unpaired) electrons. The quantitative estimate of drug-likeness (QED) is 0.413. The number of carboxylic acid groups (broad SMARTS) is 1. The van der Waals surface area contributed by atoms with E-state index in [1.54, 1.807) is 13.2 Å². The van der Waals surface area contributed by atoms with Crippen LogP contribution in [0.15, 0.2) is 30.0 Å². The molecule has 2 aliphatic rings. The molecule has 28 heavy (non-hydrogen) atoms. The molecule has 0 amide bonds. The number of ether oxygens (including phenoxy) is 2. The third kappa shape index (κ3) is 3.36. The maximum atomic E-state index is 12.4. The zero-order valence-corrected chi connectivity index (χ0v) is 17.3. The molecule has 1 aromatic carbocycles. The van der Waals surface area contributed by atoms with Gasteiger partial charge in [-0.15, -0.1) is 0 Å². The Labute approximate surface area is 169 Å². The van der Waals surface area contributed by atoms with Gasteiger partial charge in [-0.05, 0) is 32.9 Å². The average molecular weight is 406 g/mol. The number of hydrogen-bond acceptors (Lipinski definition) is 5. The summed E-state index contributed by atoms with van der Waals surface area (Å²) in [6.45, 7) is 7.60. The van der Waals surface area contributed by atoms with Crippen molar-refractivity contribution < 1.29 is 28.7 Å². The highest BCUT2D eigenvalue weighted by Crippen LogP contribution is 2.50. The molecule has 6 nitrogen and oxygen atoms in total. The minimum atomic E-state index is -1.46. The van der Waals surface area contributed by atoms with Crippen LogP contribution in [0, 0.1) is 0 Å². The summed E-state index contributed by atoms with van der Waals surface area (Å²) in [5, 5.41) is 11.9. The number of ketones is 1. The number of aliphatic carboxylic acids is 1. The van der Waals surface area contributed by atoms with Crippen LogP contribution < -0.4 is 9.84 Å². The van der Waals surface area contributed by atoms with E-state index in [2.05, 4.69) is 0 Å². The topological polar surface area (TPSA) is 75.7 Å². The third-order valence-corrected chi connectivity index (χ3v) is 5.63. The number of benzene rings is 1. The Bertz CT molecular complexity index is 897. The summed E-state index contributed by atoms with van der Waals surface area (Å²) < 4.78 is 11.0. The number of hydrogen-bond donors (Lipinski definition) is 0. The van der Waals surface area contributed by atoms with Crippen molar-refractivity contribution in [3.63, 3.8) is 0 Å². The highest BCUT2D eigenvalue weighted by atomic mass is 35.5. The number of rotatable bonds is 6. The Morgan fingerprint density at radius 2 is 2.00 bits per heavy atom. The van der Waals surface area contributed by atoms with Gasteiger partial charge in [-0.3, -0.25) is 9.28 Å². The first-order chi connectivity index (χ1) is 13.1. The lowest BCUT2D eigenvalue weighted by Gasteiger charge is -2.44. The van der Waals surface area contributed by atoms with Crippen LogP contribution in [0.1, 0.15) is 38.3 Å². The lowest BCUT2D eigenvalue weighted by molar-refractivity contribution is -0.867. The van der Waals surface area contributed by atoms with Crippen LogP contribution in [-0.2, 0) is 20.9 Å². The SMILES string of the molecule is COCCCOc1cc2c(cc1Cl)C1=CC(=O)C(C(=O)[O-])=C[N+]1(C(C)(C)C)C2. The Kier molecular flexibility index (Phi) is 5.40. The molecule has 0 fully saturated rings. The van der Waals surface area contributed by atoms with E-state index < -0.39 is 17.3 Å². The molecule has 2 heterocycles. The number of carbonyl (C=O) groups excluding carboxylic acids is 2. The highest BCUT2D eigenvalue weighted by molar-refractivity contribution is 6.32. The zero-order chi connectivity index (χ0) is 20.7. The van der Waals surface area contributed by atoms with Crippen LogP contribution in [-0.4, -0.2) is 42.1 Å². The monoisotopic (exact) mass is 405 g/mol. The number of nitrogens with zero attached hydrogens (tertiary/aromatic N) is 1. The number of halogens is 1. The molecule has 7 heteroatoms. The number of carbonyl (C=O) groups is 2. The fraction of sp³-hybridized carbons (Fsp3) is 0.429. The lowest BCUT2D eigenvalue weighted by atomic mass is 9.95. The Hall–Kier alpha value is -2.15. The normalized spacial score (nSPS) is 21.0. The van der Waals surface area contributed by atoms with E-state index in [0.717, 1.165) is 23.2 Å². The molecule has 0 N–H and O–H groups in total. The number of quaternary nitrogens is 1. The van der Waals surface area contributed by atoms with Gasteiger partial charge in [0.05, 0.1) is 28.7 Å². The molecule has 0 saturated carbocycles. The first kappa shape index (κ1) is 20.6. The van der Waals surface area contributed by atoms with Gasteiger partial charge in [-0.1, -0.05) is 11.6 Å². The number of allylic oxidation sites excluding steroid dienone is 1. The Morgan fingerprint density at radius 3 is 2.61 bits per heavy atom. The van der Waals surface area contributed by atoms with Crippen molar-refractivity contribution in [2.75, 3.05) is 20.3 Å². The van der Waals surface area contributed by atoms with E-state index >= 15 is 0 Å². The minimum absolute atomic E-state index is 0.209. The van der Waals surface area contributed by atoms with E-state index in [-0.39, 0.29) is 10.1 Å². The highest BCUT2D eigenvalue weighted by Gasteiger charge is 2.52. The second-order valence-electron chi connectivity index (χ2n) is 8.06. The van der Waals surface area contributed by atoms with Gasteiger partial charge in [-0.2, -0.15) is 0 Å². The maximum absolute atomic E-state index is 12.4. The summed E-state index contributed by atoms with van der Waals surface area (Å²) in [4.78, 5) is 23.9. The van der Waals surface area contributed by atoms with Crippen molar-refractivity contribution in [3.05, 3.63) is 46.1 Å². The molecule has 2 aliphatic heterocycles. The summed E-state index contributed by atoms with van der Waals surface area (Å²) in [5.41, 5.74) is 1.83. The van der Waals surface area contributed by atoms with Gasteiger partial charge in [0, 0.05) is 37.3 Å². The van der Waals surface area contributed by atoms with Gasteiger partial charge >= 0.3 is 0 Å². The number of methoxy groups -OCH3 is 1. The van der Waals surface area contributed by atoms with Crippen molar-refractivity contribution in [3.8, 4) is 5.75 Å². The molecule has 0 bridgehead atoms. The van der Waals surface area contributed by atoms with Gasteiger partial charge in [0.1, 0.15) is 24.2 Å². The van der Waals surface area contributed by atoms with Crippen LogP contribution in [0.5, 0.6) is 5.75 Å². The molecular weight excluding hydrogens is 382 g/mol. The van der Waals surface area contributed by atoms with Gasteiger partial charge in [-0.25, -0.2) is 0 Å². The minimum Gasteiger partial charge on any atom is -0.544 e. The van der Waals surface area contributed by atoms with Crippen LogP contribution in [0.25, 0.3) is 5.70 Å². The van der Waals surface area contributed by atoms with E-state index in [9.17, 15) is 14.7 Å². The summed E-state index contributed by atoms with van der Waals surface area (Å²) in [6, 6.07) is 3.68. The Balaban J connectivity index is 2.05. The van der Waals surface area contributed by atoms with Gasteiger partial charge < -0.3 is 19.4 Å². The van der Waals surface area contributed by atoms with Crippen molar-refractivity contribution in [1.82, 2.24) is 0 Å².